The molecule has 1 atom stereocenters. The average molecular weight is 484 g/mol. The quantitative estimate of drug-likeness (QED) is 0.344. The molecule has 0 aliphatic carbocycles. The molecule has 2 aromatic rings. The van der Waals surface area contributed by atoms with Crippen LogP contribution in [0.4, 0.5) is 4.79 Å². The van der Waals surface area contributed by atoms with Crippen LogP contribution in [0, 0.1) is 5.92 Å². The van der Waals surface area contributed by atoms with E-state index in [4.69, 9.17) is 0 Å². The summed E-state index contributed by atoms with van der Waals surface area (Å²) in [6, 6.07) is 17.7. The largest absolute Gasteiger partial charge is 0.354 e. The van der Waals surface area contributed by atoms with Crippen LogP contribution in [0.15, 0.2) is 54.6 Å². The zero-order valence-electron chi connectivity index (χ0n) is 21.2. The summed E-state index contributed by atoms with van der Waals surface area (Å²) in [7, 11) is 0. The van der Waals surface area contributed by atoms with Gasteiger partial charge in [-0.05, 0) is 41.7 Å². The normalized spacial score (nSPS) is 11.8. The minimum absolute atomic E-state index is 0.123. The Morgan fingerprint density at radius 3 is 2.26 bits per heavy atom. The average Bonchev–Trinajstić information content (AvgIpc) is 2.84. The van der Waals surface area contributed by atoms with Crippen LogP contribution in [0.1, 0.15) is 45.6 Å². The fourth-order valence-electron chi connectivity index (χ4n) is 3.59. The second-order valence-corrected chi connectivity index (χ2v) is 10.1. The molecular formula is C28H41N3O2S. The molecule has 0 aliphatic heterocycles. The van der Waals surface area contributed by atoms with Gasteiger partial charge in [0.15, 0.2) is 0 Å². The van der Waals surface area contributed by atoms with Gasteiger partial charge in [0, 0.05) is 31.8 Å². The number of nitrogens with one attached hydrogen (secondary N) is 2. The van der Waals surface area contributed by atoms with Gasteiger partial charge in [0.2, 0.25) is 5.91 Å². The van der Waals surface area contributed by atoms with Crippen molar-refractivity contribution >= 4 is 23.7 Å². The molecule has 5 nitrogen and oxygen atoms in total. The molecule has 34 heavy (non-hydrogen) atoms. The maximum Gasteiger partial charge on any atom is 0.318 e. The van der Waals surface area contributed by atoms with E-state index in [1.54, 1.807) is 11.8 Å². The van der Waals surface area contributed by atoms with Gasteiger partial charge in [0.05, 0.1) is 0 Å². The molecule has 0 bridgehead atoms. The fourth-order valence-corrected chi connectivity index (χ4v) is 3.99. The number of carbonyl (C=O) groups is 2. The van der Waals surface area contributed by atoms with Crippen LogP contribution >= 0.6 is 11.8 Å². The molecule has 2 N–H and O–H groups in total. The molecule has 0 fully saturated rings. The summed E-state index contributed by atoms with van der Waals surface area (Å²) in [5.41, 5.74) is 3.31. The van der Waals surface area contributed by atoms with Crippen molar-refractivity contribution in [2.75, 3.05) is 31.6 Å². The first-order valence-electron chi connectivity index (χ1n) is 12.4. The summed E-state index contributed by atoms with van der Waals surface area (Å²) in [6.07, 6.45) is 5.37. The zero-order chi connectivity index (χ0) is 24.8. The van der Waals surface area contributed by atoms with E-state index >= 15 is 0 Å². The molecule has 2 aromatic carbocycles. The first kappa shape index (κ1) is 27.8. The first-order valence-corrected chi connectivity index (χ1v) is 13.8. The predicted octanol–water partition coefficient (Wildman–Crippen LogP) is 5.60. The second-order valence-electron chi connectivity index (χ2n) is 9.08. The van der Waals surface area contributed by atoms with Crippen LogP contribution in [0.3, 0.4) is 0 Å². The molecule has 6 heteroatoms. The molecule has 0 aromatic heterocycles. The van der Waals surface area contributed by atoms with Crippen LogP contribution < -0.4 is 10.6 Å². The van der Waals surface area contributed by atoms with Crippen LogP contribution in [0.25, 0.3) is 11.1 Å². The predicted molar refractivity (Wildman–Crippen MR) is 145 cm³/mol. The van der Waals surface area contributed by atoms with Crippen molar-refractivity contribution in [1.82, 2.24) is 15.5 Å². The van der Waals surface area contributed by atoms with Gasteiger partial charge in [0.1, 0.15) is 6.04 Å². The maximum atomic E-state index is 13.2. The maximum absolute atomic E-state index is 13.2. The highest BCUT2D eigenvalue weighted by atomic mass is 32.2. The van der Waals surface area contributed by atoms with Gasteiger partial charge < -0.3 is 15.5 Å². The lowest BCUT2D eigenvalue weighted by atomic mass is 10.0. The Hall–Kier alpha value is -2.47. The highest BCUT2D eigenvalue weighted by molar-refractivity contribution is 7.98. The lowest BCUT2D eigenvalue weighted by Gasteiger charge is -2.27. The number of hydrogen-bond acceptors (Lipinski definition) is 3. The lowest BCUT2D eigenvalue weighted by molar-refractivity contribution is -0.122. The van der Waals surface area contributed by atoms with E-state index in [0.717, 1.165) is 41.7 Å². The van der Waals surface area contributed by atoms with E-state index in [-0.39, 0.29) is 11.9 Å². The highest BCUT2D eigenvalue weighted by Crippen LogP contribution is 2.20. The summed E-state index contributed by atoms with van der Waals surface area (Å²) in [5, 5.41) is 6.04. The number of carbonyl (C=O) groups excluding carboxylic acids is 2. The van der Waals surface area contributed by atoms with Crippen molar-refractivity contribution in [3.63, 3.8) is 0 Å². The first-order chi connectivity index (χ1) is 16.4. The van der Waals surface area contributed by atoms with Crippen molar-refractivity contribution < 1.29 is 9.59 Å². The summed E-state index contributed by atoms with van der Waals surface area (Å²) in [6.45, 7) is 8.41. The zero-order valence-corrected chi connectivity index (χ0v) is 22.0. The van der Waals surface area contributed by atoms with Gasteiger partial charge in [-0.1, -0.05) is 81.8 Å². The molecule has 0 aliphatic rings. The summed E-state index contributed by atoms with van der Waals surface area (Å²) in [5.74, 6) is 1.27. The van der Waals surface area contributed by atoms with Gasteiger partial charge in [-0.25, -0.2) is 4.79 Å². The Morgan fingerprint density at radius 2 is 1.65 bits per heavy atom. The molecule has 0 radical (unpaired) electrons. The number of amides is 3. The Morgan fingerprint density at radius 1 is 0.971 bits per heavy atom. The molecule has 0 unspecified atom stereocenters. The fraction of sp³-hybridized carbons (Fsp3) is 0.500. The van der Waals surface area contributed by atoms with Crippen molar-refractivity contribution in [3.05, 3.63) is 60.2 Å². The highest BCUT2D eigenvalue weighted by Gasteiger charge is 2.24. The monoisotopic (exact) mass is 483 g/mol. The third-order valence-corrected chi connectivity index (χ3v) is 6.36. The Kier molecular flexibility index (Phi) is 12.6. The van der Waals surface area contributed by atoms with Crippen LogP contribution in [-0.4, -0.2) is 54.5 Å². The number of hydrogen-bond donors (Lipinski definition) is 2. The number of urea groups is 1. The van der Waals surface area contributed by atoms with E-state index in [0.29, 0.717) is 32.0 Å². The van der Waals surface area contributed by atoms with Crippen molar-refractivity contribution in [3.8, 4) is 11.1 Å². The van der Waals surface area contributed by atoms with Crippen LogP contribution in [0.5, 0.6) is 0 Å². The number of unbranched alkanes of at least 4 members (excludes halogenated alkanes) is 1. The molecule has 0 spiro atoms. The Labute approximate surface area is 210 Å². The summed E-state index contributed by atoms with van der Waals surface area (Å²) >= 11 is 1.72. The summed E-state index contributed by atoms with van der Waals surface area (Å²) in [4.78, 5) is 28.0. The van der Waals surface area contributed by atoms with Gasteiger partial charge in [-0.15, -0.1) is 0 Å². The standard InChI is InChI=1S/C28H41N3O2S/c1-5-6-17-29-27(32)26(30-28(33)31(19-20-34-4)18-16-22(2)3)21-23-12-14-25(15-13-23)24-10-8-7-9-11-24/h7-15,22,26H,5-6,16-21H2,1-4H3,(H,29,32)(H,30,33)/t26-/m0/s1. The molecular weight excluding hydrogens is 442 g/mol. The van der Waals surface area contributed by atoms with E-state index < -0.39 is 6.04 Å². The number of rotatable bonds is 14. The van der Waals surface area contributed by atoms with E-state index in [9.17, 15) is 9.59 Å². The smallest absolute Gasteiger partial charge is 0.318 e. The SMILES string of the molecule is CCCCNC(=O)[C@H](Cc1ccc(-c2ccccc2)cc1)NC(=O)N(CCSC)CCC(C)C. The third kappa shape index (κ3) is 9.80. The third-order valence-electron chi connectivity index (χ3n) is 5.77. The molecule has 0 saturated carbocycles. The molecule has 0 heterocycles. The van der Waals surface area contributed by atoms with E-state index in [1.807, 2.05) is 41.5 Å². The number of thioether (sulfide) groups is 1. The molecule has 2 rings (SSSR count). The second kappa shape index (κ2) is 15.4. The summed E-state index contributed by atoms with van der Waals surface area (Å²) < 4.78 is 0. The Bertz CT molecular complexity index is 856. The minimum Gasteiger partial charge on any atom is -0.354 e. The topological polar surface area (TPSA) is 61.4 Å². The lowest BCUT2D eigenvalue weighted by Crippen LogP contribution is -2.53. The van der Waals surface area contributed by atoms with E-state index in [2.05, 4.69) is 55.7 Å². The molecule has 0 saturated heterocycles. The minimum atomic E-state index is -0.609. The van der Waals surface area contributed by atoms with Crippen LogP contribution in [-0.2, 0) is 11.2 Å². The Balaban J connectivity index is 2.13. The molecule has 3 amide bonds. The molecule has 186 valence electrons. The van der Waals surface area contributed by atoms with Gasteiger partial charge >= 0.3 is 6.03 Å². The van der Waals surface area contributed by atoms with Gasteiger partial charge in [-0.2, -0.15) is 11.8 Å². The van der Waals surface area contributed by atoms with Crippen molar-refractivity contribution in [2.45, 2.75) is 52.5 Å². The van der Waals surface area contributed by atoms with Gasteiger partial charge in [0.25, 0.3) is 0 Å². The van der Waals surface area contributed by atoms with Crippen molar-refractivity contribution in [1.29, 1.82) is 0 Å². The van der Waals surface area contributed by atoms with Crippen LogP contribution in [0.2, 0.25) is 0 Å². The van der Waals surface area contributed by atoms with E-state index in [1.165, 1.54) is 0 Å². The number of benzene rings is 2. The van der Waals surface area contributed by atoms with Crippen molar-refractivity contribution in [2.24, 2.45) is 5.92 Å². The number of nitrogens with zero attached hydrogens (tertiary/aromatic N) is 1. The van der Waals surface area contributed by atoms with Gasteiger partial charge in [-0.3, -0.25) is 4.79 Å².